The van der Waals surface area contributed by atoms with Gasteiger partial charge in [-0.2, -0.15) is 0 Å². The van der Waals surface area contributed by atoms with Crippen molar-refractivity contribution in [2.24, 2.45) is 5.92 Å². The van der Waals surface area contributed by atoms with Gasteiger partial charge in [0.2, 0.25) is 5.91 Å². The molecule has 1 atom stereocenters. The lowest BCUT2D eigenvalue weighted by atomic mass is 9.79. The van der Waals surface area contributed by atoms with Gasteiger partial charge < -0.3 is 15.5 Å². The Labute approximate surface area is 272 Å². The fourth-order valence-corrected chi connectivity index (χ4v) is 6.52. The molecule has 5 aromatic rings. The second-order valence-corrected chi connectivity index (χ2v) is 12.1. The smallest absolute Gasteiger partial charge is 0.255 e. The van der Waals surface area contributed by atoms with Crippen LogP contribution in [0.3, 0.4) is 0 Å². The average molecular weight is 608 g/mol. The van der Waals surface area contributed by atoms with E-state index in [1.807, 2.05) is 103 Å². The summed E-state index contributed by atoms with van der Waals surface area (Å²) in [7, 11) is 0. The molecule has 5 nitrogen and oxygen atoms in total. The average Bonchev–Trinajstić information content (AvgIpc) is 3.12. The molecule has 1 fully saturated rings. The van der Waals surface area contributed by atoms with Crippen molar-refractivity contribution in [3.63, 3.8) is 0 Å². The first-order chi connectivity index (χ1) is 22.6. The number of nitrogens with zero attached hydrogens (tertiary/aromatic N) is 1. The van der Waals surface area contributed by atoms with Gasteiger partial charge in [0.1, 0.15) is 0 Å². The first kappa shape index (κ1) is 30.8. The summed E-state index contributed by atoms with van der Waals surface area (Å²) in [6.07, 6.45) is 3.55. The van der Waals surface area contributed by atoms with Gasteiger partial charge in [0.25, 0.3) is 5.91 Å². The van der Waals surface area contributed by atoms with E-state index < -0.39 is 0 Å². The molecule has 0 aliphatic carbocycles. The lowest BCUT2D eigenvalue weighted by Gasteiger charge is -2.37. The summed E-state index contributed by atoms with van der Waals surface area (Å²) in [5.74, 6) is 0.0834. The number of piperidine rings is 1. The van der Waals surface area contributed by atoms with E-state index in [1.165, 1.54) is 5.56 Å². The number of hydrogen-bond donors (Lipinski definition) is 2. The Morgan fingerprint density at radius 3 is 1.91 bits per heavy atom. The van der Waals surface area contributed by atoms with Crippen LogP contribution in [0.25, 0.3) is 0 Å². The number of anilines is 2. The van der Waals surface area contributed by atoms with Gasteiger partial charge in [-0.05, 0) is 84.2 Å². The number of aryl methyl sites for hydroxylation is 2. The van der Waals surface area contributed by atoms with Gasteiger partial charge in [0.15, 0.2) is 0 Å². The second kappa shape index (κ2) is 15.2. The molecule has 46 heavy (non-hydrogen) atoms. The van der Waals surface area contributed by atoms with Crippen LogP contribution >= 0.6 is 0 Å². The molecule has 1 aliphatic rings. The van der Waals surface area contributed by atoms with Crippen molar-refractivity contribution in [3.05, 3.63) is 167 Å². The maximum Gasteiger partial charge on any atom is 0.255 e. The standard InChI is InChI=1S/C41H41N3O2/c45-40(38-19-11-10-16-33(38)21-20-31-12-4-1-5-13-31)43-36-22-24-37(25-23-36)44-28-26-35(27-29-44)39(34-17-8-3-9-18-34)41(46)42-30-32-14-6-2-7-15-32/h1-19,22-25,35,39H,20-21,26-30H2,(H,42,46)(H,43,45). The van der Waals surface area contributed by atoms with Gasteiger partial charge in [-0.25, -0.2) is 0 Å². The molecule has 0 radical (unpaired) electrons. The van der Waals surface area contributed by atoms with Crippen molar-refractivity contribution in [2.45, 2.75) is 38.1 Å². The summed E-state index contributed by atoms with van der Waals surface area (Å²) < 4.78 is 0. The Hall–Kier alpha value is -5.16. The van der Waals surface area contributed by atoms with Crippen molar-refractivity contribution in [3.8, 4) is 0 Å². The Bertz CT molecular complexity index is 1700. The van der Waals surface area contributed by atoms with E-state index in [1.54, 1.807) is 0 Å². The van der Waals surface area contributed by atoms with E-state index in [4.69, 9.17) is 0 Å². The zero-order chi connectivity index (χ0) is 31.6. The van der Waals surface area contributed by atoms with Crippen molar-refractivity contribution >= 4 is 23.2 Å². The molecule has 232 valence electrons. The van der Waals surface area contributed by atoms with Gasteiger partial charge in [-0.1, -0.05) is 109 Å². The number of benzene rings is 5. The number of rotatable bonds is 11. The lowest BCUT2D eigenvalue weighted by Crippen LogP contribution is -2.40. The highest BCUT2D eigenvalue weighted by molar-refractivity contribution is 6.05. The summed E-state index contributed by atoms with van der Waals surface area (Å²) in [5.41, 5.74) is 7.11. The number of amides is 2. The van der Waals surface area contributed by atoms with Crippen molar-refractivity contribution in [2.75, 3.05) is 23.3 Å². The van der Waals surface area contributed by atoms with Crippen LogP contribution in [0, 0.1) is 5.92 Å². The highest BCUT2D eigenvalue weighted by atomic mass is 16.2. The number of carbonyl (C=O) groups is 2. The van der Waals surface area contributed by atoms with Crippen LogP contribution in [-0.4, -0.2) is 24.9 Å². The van der Waals surface area contributed by atoms with E-state index in [0.717, 1.165) is 66.8 Å². The molecule has 6 rings (SSSR count). The van der Waals surface area contributed by atoms with Crippen molar-refractivity contribution in [1.29, 1.82) is 0 Å². The van der Waals surface area contributed by atoms with Crippen LogP contribution in [0.15, 0.2) is 140 Å². The first-order valence-electron chi connectivity index (χ1n) is 16.3. The predicted octanol–water partition coefficient (Wildman–Crippen LogP) is 8.04. The number of hydrogen-bond acceptors (Lipinski definition) is 3. The molecule has 2 N–H and O–H groups in total. The van der Waals surface area contributed by atoms with Gasteiger partial charge >= 0.3 is 0 Å². The summed E-state index contributed by atoms with van der Waals surface area (Å²) in [6.45, 7) is 2.28. The Morgan fingerprint density at radius 1 is 0.652 bits per heavy atom. The van der Waals surface area contributed by atoms with Crippen LogP contribution in [0.4, 0.5) is 11.4 Å². The molecule has 5 aromatic carbocycles. The van der Waals surface area contributed by atoms with Crippen LogP contribution in [-0.2, 0) is 24.2 Å². The molecule has 0 spiro atoms. The zero-order valence-electron chi connectivity index (χ0n) is 26.1. The highest BCUT2D eigenvalue weighted by Crippen LogP contribution is 2.35. The fourth-order valence-electron chi connectivity index (χ4n) is 6.52. The Balaban J connectivity index is 1.05. The summed E-state index contributed by atoms with van der Waals surface area (Å²) in [4.78, 5) is 29.2. The molecular weight excluding hydrogens is 566 g/mol. The molecule has 2 amide bonds. The number of carbonyl (C=O) groups excluding carboxylic acids is 2. The minimum absolute atomic E-state index is 0.0882. The molecule has 1 saturated heterocycles. The second-order valence-electron chi connectivity index (χ2n) is 12.1. The molecule has 0 saturated carbocycles. The number of nitrogens with one attached hydrogen (secondary N) is 2. The molecular formula is C41H41N3O2. The van der Waals surface area contributed by atoms with Gasteiger partial charge in [0, 0.05) is 36.6 Å². The minimum Gasteiger partial charge on any atom is -0.372 e. The highest BCUT2D eigenvalue weighted by Gasteiger charge is 2.32. The molecule has 0 bridgehead atoms. The van der Waals surface area contributed by atoms with Crippen LogP contribution in [0.2, 0.25) is 0 Å². The monoisotopic (exact) mass is 607 g/mol. The van der Waals surface area contributed by atoms with Crippen LogP contribution in [0.1, 0.15) is 51.4 Å². The van der Waals surface area contributed by atoms with Gasteiger partial charge in [0.05, 0.1) is 5.92 Å². The van der Waals surface area contributed by atoms with E-state index in [2.05, 4.69) is 51.9 Å². The van der Waals surface area contributed by atoms with Crippen molar-refractivity contribution in [1.82, 2.24) is 5.32 Å². The Morgan fingerprint density at radius 2 is 1.24 bits per heavy atom. The SMILES string of the molecule is O=C(Nc1ccc(N2CCC(C(C(=O)NCc3ccccc3)c3ccccc3)CC2)cc1)c1ccccc1CCc1ccccc1. The maximum atomic E-state index is 13.6. The summed E-state index contributed by atoms with van der Waals surface area (Å²) in [5, 5.41) is 6.30. The van der Waals surface area contributed by atoms with E-state index in [0.29, 0.717) is 12.1 Å². The van der Waals surface area contributed by atoms with Crippen molar-refractivity contribution < 1.29 is 9.59 Å². The summed E-state index contributed by atoms with van der Waals surface area (Å²) >= 11 is 0. The van der Waals surface area contributed by atoms with E-state index >= 15 is 0 Å². The third-order valence-corrected chi connectivity index (χ3v) is 9.04. The minimum atomic E-state index is -0.180. The third-order valence-electron chi connectivity index (χ3n) is 9.04. The quantitative estimate of drug-likeness (QED) is 0.160. The van der Waals surface area contributed by atoms with Crippen LogP contribution < -0.4 is 15.5 Å². The van der Waals surface area contributed by atoms with Gasteiger partial charge in [-0.3, -0.25) is 9.59 Å². The molecule has 5 heteroatoms. The fraction of sp³-hybridized carbons (Fsp3) is 0.220. The Kier molecular flexibility index (Phi) is 10.2. The van der Waals surface area contributed by atoms with E-state index in [9.17, 15) is 9.59 Å². The van der Waals surface area contributed by atoms with Crippen LogP contribution in [0.5, 0.6) is 0 Å². The lowest BCUT2D eigenvalue weighted by molar-refractivity contribution is -0.124. The molecule has 0 aromatic heterocycles. The van der Waals surface area contributed by atoms with E-state index in [-0.39, 0.29) is 23.7 Å². The maximum absolute atomic E-state index is 13.6. The first-order valence-corrected chi connectivity index (χ1v) is 16.3. The molecule has 1 aliphatic heterocycles. The van der Waals surface area contributed by atoms with Gasteiger partial charge in [-0.15, -0.1) is 0 Å². The zero-order valence-corrected chi connectivity index (χ0v) is 26.1. The summed E-state index contributed by atoms with van der Waals surface area (Å²) in [6, 6.07) is 46.6. The largest absolute Gasteiger partial charge is 0.372 e. The predicted molar refractivity (Wildman–Crippen MR) is 187 cm³/mol. The topological polar surface area (TPSA) is 61.4 Å². The molecule has 1 heterocycles. The normalized spacial score (nSPS) is 14.0. The third kappa shape index (κ3) is 7.91. The molecule has 1 unspecified atom stereocenters.